The SMILES string of the molecule is COc1ccc(NC(=O)C=Cc2cc(OC)c(OC)c(S(=O)(=O)N3CCc4ccccc43)c2)cc1S(=O)(=O)N1CCCCC1. The number of nitrogens with zero attached hydrogens (tertiary/aromatic N) is 2. The van der Waals surface area contributed by atoms with Crippen LogP contribution in [0.3, 0.4) is 0 Å². The molecular formula is C31H35N3O8S2. The maximum absolute atomic E-state index is 13.9. The number of rotatable bonds is 10. The van der Waals surface area contributed by atoms with Crippen LogP contribution in [0.5, 0.6) is 17.2 Å². The molecular weight excluding hydrogens is 606 g/mol. The van der Waals surface area contributed by atoms with Crippen molar-refractivity contribution in [3.8, 4) is 17.2 Å². The number of methoxy groups -OCH3 is 3. The van der Waals surface area contributed by atoms with Crippen LogP contribution in [0.15, 0.2) is 70.5 Å². The third-order valence-corrected chi connectivity index (χ3v) is 11.4. The van der Waals surface area contributed by atoms with E-state index in [4.69, 9.17) is 14.2 Å². The van der Waals surface area contributed by atoms with Gasteiger partial charge in [0.15, 0.2) is 11.5 Å². The normalized spacial score (nSPS) is 15.7. The van der Waals surface area contributed by atoms with E-state index in [0.29, 0.717) is 30.8 Å². The van der Waals surface area contributed by atoms with Gasteiger partial charge in [0.2, 0.25) is 15.9 Å². The molecule has 1 saturated heterocycles. The van der Waals surface area contributed by atoms with Crippen molar-refractivity contribution < 1.29 is 35.8 Å². The van der Waals surface area contributed by atoms with E-state index in [9.17, 15) is 21.6 Å². The average Bonchev–Trinajstić information content (AvgIpc) is 3.49. The topological polar surface area (TPSA) is 132 Å². The monoisotopic (exact) mass is 641 g/mol. The predicted molar refractivity (Wildman–Crippen MR) is 167 cm³/mol. The van der Waals surface area contributed by atoms with Gasteiger partial charge in [0.05, 0.1) is 27.0 Å². The third kappa shape index (κ3) is 6.12. The number of sulfonamides is 2. The summed E-state index contributed by atoms with van der Waals surface area (Å²) in [6, 6.07) is 14.7. The number of carbonyl (C=O) groups excluding carboxylic acids is 1. The molecule has 2 aliphatic heterocycles. The number of fused-ring (bicyclic) bond motifs is 1. The molecule has 2 heterocycles. The van der Waals surface area contributed by atoms with Gasteiger partial charge in [0, 0.05) is 31.4 Å². The molecule has 5 rings (SSSR count). The Morgan fingerprint density at radius 3 is 2.23 bits per heavy atom. The largest absolute Gasteiger partial charge is 0.495 e. The number of anilines is 2. The third-order valence-electron chi connectivity index (χ3n) is 7.67. The Morgan fingerprint density at radius 1 is 0.795 bits per heavy atom. The molecule has 13 heteroatoms. The number of carbonyl (C=O) groups is 1. The minimum absolute atomic E-state index is 0.0260. The summed E-state index contributed by atoms with van der Waals surface area (Å²) in [6.07, 6.45) is 5.81. The summed E-state index contributed by atoms with van der Waals surface area (Å²) in [5, 5.41) is 2.68. The summed E-state index contributed by atoms with van der Waals surface area (Å²) in [5.74, 6) is -0.129. The number of amides is 1. The molecule has 11 nitrogen and oxygen atoms in total. The Morgan fingerprint density at radius 2 is 1.52 bits per heavy atom. The fourth-order valence-electron chi connectivity index (χ4n) is 5.47. The Kier molecular flexibility index (Phi) is 9.18. The molecule has 0 saturated carbocycles. The van der Waals surface area contributed by atoms with Gasteiger partial charge in [-0.25, -0.2) is 16.8 Å². The van der Waals surface area contributed by atoms with Gasteiger partial charge in [-0.1, -0.05) is 24.6 Å². The lowest BCUT2D eigenvalue weighted by Crippen LogP contribution is -2.35. The Labute approximate surface area is 258 Å². The average molecular weight is 642 g/mol. The Balaban J connectivity index is 1.41. The van der Waals surface area contributed by atoms with Gasteiger partial charge in [-0.15, -0.1) is 0 Å². The fourth-order valence-corrected chi connectivity index (χ4v) is 8.88. The first-order chi connectivity index (χ1) is 21.1. The van der Waals surface area contributed by atoms with Crippen LogP contribution in [0.1, 0.15) is 30.4 Å². The standard InChI is InChI=1S/C31H35N3O8S2/c1-40-26-13-12-24(21-28(26)43(36,37)33-16-7-4-8-17-33)32-30(35)14-11-22-19-27(41-2)31(42-3)29(20-22)44(38,39)34-18-15-23-9-5-6-10-25(23)34/h5-6,9-14,19-21H,4,7-8,15-18H2,1-3H3,(H,32,35). The molecule has 1 amide bonds. The first kappa shape index (κ1) is 31.4. The second kappa shape index (κ2) is 12.9. The van der Waals surface area contributed by atoms with Gasteiger partial charge in [0.25, 0.3) is 10.0 Å². The number of nitrogens with one attached hydrogen (secondary N) is 1. The van der Waals surface area contributed by atoms with Crippen LogP contribution in [0.4, 0.5) is 11.4 Å². The van der Waals surface area contributed by atoms with Gasteiger partial charge in [0.1, 0.15) is 15.5 Å². The molecule has 44 heavy (non-hydrogen) atoms. The van der Waals surface area contributed by atoms with Gasteiger partial charge >= 0.3 is 0 Å². The van der Waals surface area contributed by atoms with Crippen LogP contribution in [0.25, 0.3) is 6.08 Å². The van der Waals surface area contributed by atoms with Crippen molar-refractivity contribution in [3.05, 3.63) is 71.8 Å². The highest BCUT2D eigenvalue weighted by atomic mass is 32.2. The minimum atomic E-state index is -4.05. The first-order valence-corrected chi connectivity index (χ1v) is 17.0. The zero-order valence-corrected chi connectivity index (χ0v) is 26.4. The molecule has 2 aliphatic rings. The number of para-hydroxylation sites is 1. The predicted octanol–water partition coefficient (Wildman–Crippen LogP) is 4.29. The molecule has 0 aliphatic carbocycles. The van der Waals surface area contributed by atoms with Crippen molar-refractivity contribution >= 4 is 43.4 Å². The Bertz CT molecular complexity index is 1800. The lowest BCUT2D eigenvalue weighted by Gasteiger charge is -2.26. The molecule has 0 atom stereocenters. The van der Waals surface area contributed by atoms with Gasteiger partial charge in [-0.2, -0.15) is 4.31 Å². The van der Waals surface area contributed by atoms with Crippen molar-refractivity contribution in [1.82, 2.24) is 4.31 Å². The van der Waals surface area contributed by atoms with Crippen LogP contribution < -0.4 is 23.8 Å². The van der Waals surface area contributed by atoms with E-state index in [1.165, 1.54) is 60.3 Å². The lowest BCUT2D eigenvalue weighted by atomic mass is 10.2. The molecule has 3 aromatic carbocycles. The van der Waals surface area contributed by atoms with Crippen molar-refractivity contribution in [1.29, 1.82) is 0 Å². The van der Waals surface area contributed by atoms with Crippen molar-refractivity contribution in [2.75, 3.05) is 50.6 Å². The molecule has 1 fully saturated rings. The number of hydrogen-bond donors (Lipinski definition) is 1. The van der Waals surface area contributed by atoms with E-state index in [-0.39, 0.29) is 39.3 Å². The van der Waals surface area contributed by atoms with E-state index in [1.807, 2.05) is 12.1 Å². The molecule has 0 spiro atoms. The molecule has 3 aromatic rings. The van der Waals surface area contributed by atoms with Crippen molar-refractivity contribution in [3.63, 3.8) is 0 Å². The number of benzene rings is 3. The lowest BCUT2D eigenvalue weighted by molar-refractivity contribution is -0.111. The highest BCUT2D eigenvalue weighted by Crippen LogP contribution is 2.41. The molecule has 234 valence electrons. The Hall–Kier alpha value is -4.07. The van der Waals surface area contributed by atoms with Crippen molar-refractivity contribution in [2.24, 2.45) is 0 Å². The zero-order chi connectivity index (χ0) is 31.5. The van der Waals surface area contributed by atoms with Gasteiger partial charge in [-0.05, 0) is 72.9 Å². The van der Waals surface area contributed by atoms with Crippen LogP contribution in [0, 0.1) is 0 Å². The van der Waals surface area contributed by atoms with E-state index in [0.717, 1.165) is 24.8 Å². The van der Waals surface area contributed by atoms with Crippen molar-refractivity contribution in [2.45, 2.75) is 35.5 Å². The first-order valence-electron chi connectivity index (χ1n) is 14.1. The molecule has 0 unspecified atom stereocenters. The van der Waals surface area contributed by atoms with Crippen LogP contribution >= 0.6 is 0 Å². The summed E-state index contributed by atoms with van der Waals surface area (Å²) in [4.78, 5) is 12.8. The number of ether oxygens (including phenoxy) is 3. The highest BCUT2D eigenvalue weighted by molar-refractivity contribution is 7.93. The minimum Gasteiger partial charge on any atom is -0.495 e. The second-order valence-corrected chi connectivity index (χ2v) is 14.1. The van der Waals surface area contributed by atoms with Crippen LogP contribution in [0.2, 0.25) is 0 Å². The van der Waals surface area contributed by atoms with Gasteiger partial charge < -0.3 is 19.5 Å². The fraction of sp³-hybridized carbons (Fsp3) is 0.323. The van der Waals surface area contributed by atoms with E-state index < -0.39 is 26.0 Å². The number of hydrogen-bond acceptors (Lipinski definition) is 8. The summed E-state index contributed by atoms with van der Waals surface area (Å²) in [7, 11) is -3.71. The maximum atomic E-state index is 13.9. The van der Waals surface area contributed by atoms with Crippen LogP contribution in [-0.4, -0.2) is 68.0 Å². The van der Waals surface area contributed by atoms with Gasteiger partial charge in [-0.3, -0.25) is 9.10 Å². The maximum Gasteiger partial charge on any atom is 0.268 e. The molecule has 0 aromatic heterocycles. The van der Waals surface area contributed by atoms with Crippen LogP contribution in [-0.2, 0) is 31.3 Å². The number of piperidine rings is 1. The summed E-state index contributed by atoms with van der Waals surface area (Å²) in [5.41, 5.74) is 2.18. The smallest absolute Gasteiger partial charge is 0.268 e. The van der Waals surface area contributed by atoms with E-state index in [2.05, 4.69) is 5.32 Å². The zero-order valence-electron chi connectivity index (χ0n) is 24.8. The molecule has 1 N–H and O–H groups in total. The summed E-state index contributed by atoms with van der Waals surface area (Å²) >= 11 is 0. The summed E-state index contributed by atoms with van der Waals surface area (Å²) < 4.78 is 73.5. The highest BCUT2D eigenvalue weighted by Gasteiger charge is 2.34. The van der Waals surface area contributed by atoms with E-state index in [1.54, 1.807) is 24.3 Å². The molecule has 0 bridgehead atoms. The summed E-state index contributed by atoms with van der Waals surface area (Å²) in [6.45, 7) is 1.14. The molecule has 0 radical (unpaired) electrons. The second-order valence-electron chi connectivity index (χ2n) is 10.4. The van der Waals surface area contributed by atoms with E-state index >= 15 is 0 Å². The quantitative estimate of drug-likeness (QED) is 0.325.